The van der Waals surface area contributed by atoms with Crippen molar-refractivity contribution in [2.75, 3.05) is 0 Å². The van der Waals surface area contributed by atoms with Crippen LogP contribution in [0, 0.1) is 6.92 Å². The van der Waals surface area contributed by atoms with Gasteiger partial charge < -0.3 is 5.11 Å². The van der Waals surface area contributed by atoms with E-state index in [0.717, 1.165) is 5.56 Å². The predicted molar refractivity (Wildman–Crippen MR) is 50.9 cm³/mol. The molecule has 0 unspecified atom stereocenters. The fourth-order valence-corrected chi connectivity index (χ4v) is 1.23. The van der Waals surface area contributed by atoms with Crippen molar-refractivity contribution in [3.05, 3.63) is 35.9 Å². The summed E-state index contributed by atoms with van der Waals surface area (Å²) in [5, 5.41) is 16.1. The fraction of sp³-hybridized carbons (Fsp3) is 0.111. The van der Waals surface area contributed by atoms with Gasteiger partial charge in [-0.3, -0.25) is 4.98 Å². The molecule has 0 atom stereocenters. The molecule has 0 aliphatic carbocycles. The number of aromatic nitrogens is 4. The van der Waals surface area contributed by atoms with Crippen LogP contribution in [0.4, 0.5) is 0 Å². The third-order valence-electron chi connectivity index (χ3n) is 1.87. The Bertz CT molecular complexity index is 506. The van der Waals surface area contributed by atoms with Crippen molar-refractivity contribution in [2.45, 2.75) is 6.92 Å². The molecule has 0 aromatic carbocycles. The summed E-state index contributed by atoms with van der Waals surface area (Å²) in [4.78, 5) is 14.8. The summed E-state index contributed by atoms with van der Waals surface area (Å²) in [7, 11) is 0. The van der Waals surface area contributed by atoms with Crippen molar-refractivity contribution in [2.24, 2.45) is 0 Å². The van der Waals surface area contributed by atoms with Crippen LogP contribution in [0.25, 0.3) is 5.69 Å². The Hall–Kier alpha value is -2.24. The zero-order valence-corrected chi connectivity index (χ0v) is 7.95. The molecule has 0 bridgehead atoms. The normalized spacial score (nSPS) is 10.2. The van der Waals surface area contributed by atoms with E-state index in [9.17, 15) is 4.79 Å². The Morgan fingerprint density at radius 2 is 2.20 bits per heavy atom. The summed E-state index contributed by atoms with van der Waals surface area (Å²) in [5.41, 5.74) is 1.53. The number of aromatic carboxylic acids is 1. The average Bonchev–Trinajstić information content (AvgIpc) is 2.65. The van der Waals surface area contributed by atoms with Crippen molar-refractivity contribution in [3.63, 3.8) is 0 Å². The van der Waals surface area contributed by atoms with Crippen molar-refractivity contribution in [1.82, 2.24) is 20.0 Å². The van der Waals surface area contributed by atoms with Crippen LogP contribution in [0.1, 0.15) is 16.1 Å². The minimum atomic E-state index is -1.07. The lowest BCUT2D eigenvalue weighted by Crippen LogP contribution is -2.08. The molecular weight excluding hydrogens is 196 g/mol. The fourth-order valence-electron chi connectivity index (χ4n) is 1.23. The molecule has 1 N–H and O–H groups in total. The van der Waals surface area contributed by atoms with Gasteiger partial charge >= 0.3 is 5.97 Å². The first kappa shape index (κ1) is 9.32. The summed E-state index contributed by atoms with van der Waals surface area (Å²) >= 11 is 0. The first-order chi connectivity index (χ1) is 7.18. The van der Waals surface area contributed by atoms with E-state index in [2.05, 4.69) is 15.3 Å². The molecule has 76 valence electrons. The molecule has 0 spiro atoms. The number of carboxylic acid groups (broad SMARTS) is 1. The van der Waals surface area contributed by atoms with Gasteiger partial charge in [-0.15, -0.1) is 5.10 Å². The predicted octanol–water partition coefficient (Wildman–Crippen LogP) is 0.669. The Morgan fingerprint density at radius 1 is 1.40 bits per heavy atom. The topological polar surface area (TPSA) is 80.9 Å². The highest BCUT2D eigenvalue weighted by Crippen LogP contribution is 2.09. The largest absolute Gasteiger partial charge is 0.476 e. The van der Waals surface area contributed by atoms with Gasteiger partial charge in [0.05, 0.1) is 18.1 Å². The number of pyridine rings is 1. The Balaban J connectivity index is 2.54. The van der Waals surface area contributed by atoms with E-state index in [4.69, 9.17) is 5.11 Å². The van der Waals surface area contributed by atoms with Crippen molar-refractivity contribution >= 4 is 5.97 Å². The second kappa shape index (κ2) is 3.49. The van der Waals surface area contributed by atoms with Gasteiger partial charge in [0, 0.05) is 6.20 Å². The van der Waals surface area contributed by atoms with Crippen LogP contribution in [0.15, 0.2) is 24.7 Å². The second-order valence-electron chi connectivity index (χ2n) is 3.06. The maximum Gasteiger partial charge on any atom is 0.356 e. The van der Waals surface area contributed by atoms with Crippen LogP contribution in [0.2, 0.25) is 0 Å². The van der Waals surface area contributed by atoms with E-state index < -0.39 is 5.97 Å². The van der Waals surface area contributed by atoms with Gasteiger partial charge in [0.15, 0.2) is 5.69 Å². The maximum atomic E-state index is 10.8. The van der Waals surface area contributed by atoms with Crippen molar-refractivity contribution in [3.8, 4) is 5.69 Å². The van der Waals surface area contributed by atoms with Crippen LogP contribution in [-0.4, -0.2) is 31.1 Å². The van der Waals surface area contributed by atoms with Crippen molar-refractivity contribution < 1.29 is 9.90 Å². The lowest BCUT2D eigenvalue weighted by molar-refractivity contribution is 0.0687. The number of nitrogens with zero attached hydrogens (tertiary/aromatic N) is 4. The average molecular weight is 204 g/mol. The molecular formula is C9H8N4O2. The molecule has 0 saturated heterocycles. The number of carbonyl (C=O) groups is 1. The van der Waals surface area contributed by atoms with Crippen LogP contribution < -0.4 is 0 Å². The number of carboxylic acids is 1. The molecule has 2 rings (SSSR count). The zero-order valence-electron chi connectivity index (χ0n) is 7.95. The highest BCUT2D eigenvalue weighted by molar-refractivity contribution is 5.85. The van der Waals surface area contributed by atoms with Gasteiger partial charge in [-0.1, -0.05) is 5.21 Å². The third-order valence-corrected chi connectivity index (χ3v) is 1.87. The monoisotopic (exact) mass is 204 g/mol. The van der Waals surface area contributed by atoms with E-state index in [1.807, 2.05) is 6.92 Å². The summed E-state index contributed by atoms with van der Waals surface area (Å²) in [6.07, 6.45) is 4.42. The summed E-state index contributed by atoms with van der Waals surface area (Å²) in [5.74, 6) is -1.07. The molecule has 2 heterocycles. The Kier molecular flexibility index (Phi) is 2.17. The lowest BCUT2D eigenvalue weighted by Gasteiger charge is -2.02. The minimum Gasteiger partial charge on any atom is -0.476 e. The molecule has 0 radical (unpaired) electrons. The molecule has 6 nitrogen and oxygen atoms in total. The first-order valence-corrected chi connectivity index (χ1v) is 4.24. The zero-order chi connectivity index (χ0) is 10.8. The minimum absolute atomic E-state index is 0.0161. The third kappa shape index (κ3) is 1.69. The van der Waals surface area contributed by atoms with E-state index in [0.29, 0.717) is 5.69 Å². The molecule has 0 fully saturated rings. The van der Waals surface area contributed by atoms with E-state index in [-0.39, 0.29) is 5.69 Å². The molecule has 0 amide bonds. The Morgan fingerprint density at radius 3 is 2.87 bits per heavy atom. The molecule has 15 heavy (non-hydrogen) atoms. The van der Waals surface area contributed by atoms with E-state index in [1.54, 1.807) is 12.3 Å². The summed E-state index contributed by atoms with van der Waals surface area (Å²) < 4.78 is 1.24. The highest BCUT2D eigenvalue weighted by atomic mass is 16.4. The molecule has 0 aliphatic rings. The first-order valence-electron chi connectivity index (χ1n) is 4.24. The van der Waals surface area contributed by atoms with Crippen LogP contribution >= 0.6 is 0 Å². The van der Waals surface area contributed by atoms with Gasteiger partial charge in [0.25, 0.3) is 0 Å². The molecule has 2 aromatic heterocycles. The van der Waals surface area contributed by atoms with Crippen molar-refractivity contribution in [1.29, 1.82) is 0 Å². The number of aryl methyl sites for hydroxylation is 1. The van der Waals surface area contributed by atoms with Gasteiger partial charge in [-0.25, -0.2) is 9.48 Å². The highest BCUT2D eigenvalue weighted by Gasteiger charge is 2.12. The number of hydrogen-bond acceptors (Lipinski definition) is 4. The van der Waals surface area contributed by atoms with Gasteiger partial charge in [0.2, 0.25) is 0 Å². The number of hydrogen-bond donors (Lipinski definition) is 1. The van der Waals surface area contributed by atoms with Gasteiger partial charge in [-0.2, -0.15) is 0 Å². The van der Waals surface area contributed by atoms with Crippen LogP contribution in [0.3, 0.4) is 0 Å². The SMILES string of the molecule is Cc1cncc(-n2nncc2C(=O)O)c1. The smallest absolute Gasteiger partial charge is 0.356 e. The van der Waals surface area contributed by atoms with E-state index in [1.165, 1.54) is 17.1 Å². The van der Waals surface area contributed by atoms with E-state index >= 15 is 0 Å². The molecule has 6 heteroatoms. The van der Waals surface area contributed by atoms with Gasteiger partial charge in [-0.05, 0) is 18.6 Å². The summed E-state index contributed by atoms with van der Waals surface area (Å²) in [6.45, 7) is 1.87. The second-order valence-corrected chi connectivity index (χ2v) is 3.06. The maximum absolute atomic E-state index is 10.8. The summed E-state index contributed by atoms with van der Waals surface area (Å²) in [6, 6.07) is 1.79. The van der Waals surface area contributed by atoms with Crippen LogP contribution in [-0.2, 0) is 0 Å². The standard InChI is InChI=1S/C9H8N4O2/c1-6-2-7(4-10-3-6)13-8(9(14)15)5-11-12-13/h2-5H,1H3,(H,14,15). The molecule has 2 aromatic rings. The molecule has 0 aliphatic heterocycles. The Labute approximate surface area is 85.2 Å². The molecule has 0 saturated carbocycles. The lowest BCUT2D eigenvalue weighted by atomic mass is 10.3. The quantitative estimate of drug-likeness (QED) is 0.777. The van der Waals surface area contributed by atoms with Gasteiger partial charge in [0.1, 0.15) is 0 Å². The number of rotatable bonds is 2. The van der Waals surface area contributed by atoms with Crippen LogP contribution in [0.5, 0.6) is 0 Å².